The van der Waals surface area contributed by atoms with E-state index >= 15 is 0 Å². The first-order valence-corrected chi connectivity index (χ1v) is 6.28. The minimum absolute atomic E-state index is 0.693. The summed E-state index contributed by atoms with van der Waals surface area (Å²) in [7, 11) is 0. The summed E-state index contributed by atoms with van der Waals surface area (Å²) in [5.41, 5.74) is 8.70. The van der Waals surface area contributed by atoms with Crippen LogP contribution in [0.5, 0.6) is 0 Å². The van der Waals surface area contributed by atoms with Gasteiger partial charge in [0, 0.05) is 17.8 Å². The Kier molecular flexibility index (Phi) is 4.05. The molecule has 1 aromatic carbocycles. The molecule has 3 nitrogen and oxygen atoms in total. The van der Waals surface area contributed by atoms with Crippen LogP contribution in [0.4, 0.5) is 11.4 Å². The molecule has 0 saturated heterocycles. The van der Waals surface area contributed by atoms with E-state index in [4.69, 9.17) is 17.3 Å². The van der Waals surface area contributed by atoms with Crippen molar-refractivity contribution in [1.82, 2.24) is 4.98 Å². The highest BCUT2D eigenvalue weighted by Crippen LogP contribution is 2.27. The van der Waals surface area contributed by atoms with E-state index in [1.807, 2.05) is 30.3 Å². The van der Waals surface area contributed by atoms with E-state index in [2.05, 4.69) is 16.8 Å². The number of hydrogen-bond donors (Lipinski definition) is 1. The highest BCUT2D eigenvalue weighted by atomic mass is 35.5. The van der Waals surface area contributed by atoms with Gasteiger partial charge in [0.2, 0.25) is 0 Å². The molecule has 0 spiro atoms. The van der Waals surface area contributed by atoms with E-state index in [0.717, 1.165) is 30.2 Å². The van der Waals surface area contributed by atoms with Gasteiger partial charge >= 0.3 is 0 Å². The predicted octanol–water partition coefficient (Wildman–Crippen LogP) is 3.34. The maximum absolute atomic E-state index is 6.02. The zero-order valence-electron chi connectivity index (χ0n) is 10.3. The Morgan fingerprint density at radius 2 is 2.11 bits per heavy atom. The van der Waals surface area contributed by atoms with Gasteiger partial charge in [0.15, 0.2) is 0 Å². The Morgan fingerprint density at radius 3 is 2.78 bits per heavy atom. The number of hydrogen-bond acceptors (Lipinski definition) is 3. The Hall–Kier alpha value is -1.74. The van der Waals surface area contributed by atoms with Gasteiger partial charge < -0.3 is 10.6 Å². The first-order chi connectivity index (χ1) is 8.70. The first kappa shape index (κ1) is 12.7. The van der Waals surface area contributed by atoms with Gasteiger partial charge in [-0.05, 0) is 37.3 Å². The van der Waals surface area contributed by atoms with Crippen molar-refractivity contribution in [3.63, 3.8) is 0 Å². The van der Waals surface area contributed by atoms with Crippen molar-refractivity contribution in [1.29, 1.82) is 0 Å². The summed E-state index contributed by atoms with van der Waals surface area (Å²) in [5, 5.41) is 0.693. The van der Waals surface area contributed by atoms with Crippen LogP contribution in [0.3, 0.4) is 0 Å². The molecule has 0 atom stereocenters. The molecule has 0 bridgehead atoms. The highest BCUT2D eigenvalue weighted by molar-refractivity contribution is 6.31. The highest BCUT2D eigenvalue weighted by Gasteiger charge is 2.09. The van der Waals surface area contributed by atoms with Crippen molar-refractivity contribution in [2.45, 2.75) is 13.5 Å². The number of pyridine rings is 1. The maximum Gasteiger partial charge on any atom is 0.0618 e. The Labute approximate surface area is 112 Å². The molecule has 0 unspecified atom stereocenters. The van der Waals surface area contributed by atoms with Crippen molar-refractivity contribution in [2.75, 3.05) is 17.2 Å². The lowest BCUT2D eigenvalue weighted by Crippen LogP contribution is -2.23. The van der Waals surface area contributed by atoms with Crippen LogP contribution in [-0.2, 0) is 6.54 Å². The molecule has 18 heavy (non-hydrogen) atoms. The number of aromatic nitrogens is 1. The van der Waals surface area contributed by atoms with Crippen molar-refractivity contribution >= 4 is 23.0 Å². The van der Waals surface area contributed by atoms with Gasteiger partial charge in [-0.25, -0.2) is 0 Å². The van der Waals surface area contributed by atoms with Crippen LogP contribution in [0.2, 0.25) is 5.02 Å². The fraction of sp³-hybridized carbons (Fsp3) is 0.214. The van der Waals surface area contributed by atoms with Crippen LogP contribution in [0.25, 0.3) is 0 Å². The average Bonchev–Trinajstić information content (AvgIpc) is 2.40. The Bertz CT molecular complexity index is 514. The van der Waals surface area contributed by atoms with Gasteiger partial charge in [-0.3, -0.25) is 4.98 Å². The summed E-state index contributed by atoms with van der Waals surface area (Å²) in [6, 6.07) is 11.4. The smallest absolute Gasteiger partial charge is 0.0618 e. The number of rotatable bonds is 4. The quantitative estimate of drug-likeness (QED) is 0.859. The molecule has 94 valence electrons. The normalized spacial score (nSPS) is 10.3. The third-order valence-electron chi connectivity index (χ3n) is 2.79. The van der Waals surface area contributed by atoms with Gasteiger partial charge in [-0.1, -0.05) is 17.7 Å². The van der Waals surface area contributed by atoms with Crippen LogP contribution >= 0.6 is 11.6 Å². The molecule has 1 aromatic heterocycles. The number of nitrogen functional groups attached to an aromatic ring is 1. The number of anilines is 2. The fourth-order valence-corrected chi connectivity index (χ4v) is 2.01. The lowest BCUT2D eigenvalue weighted by atomic mass is 10.2. The summed E-state index contributed by atoms with van der Waals surface area (Å²) < 4.78 is 0. The average molecular weight is 262 g/mol. The molecule has 0 fully saturated rings. The molecule has 1 heterocycles. The molecular formula is C14H16ClN3. The minimum atomic E-state index is 0.693. The van der Waals surface area contributed by atoms with E-state index in [1.165, 1.54) is 0 Å². The van der Waals surface area contributed by atoms with Crippen molar-refractivity contribution in [2.24, 2.45) is 0 Å². The first-order valence-electron chi connectivity index (χ1n) is 5.90. The van der Waals surface area contributed by atoms with Crippen molar-refractivity contribution < 1.29 is 0 Å². The second kappa shape index (κ2) is 5.74. The van der Waals surface area contributed by atoms with Crippen molar-refractivity contribution in [3.05, 3.63) is 53.3 Å². The van der Waals surface area contributed by atoms with Gasteiger partial charge in [-0.15, -0.1) is 0 Å². The van der Waals surface area contributed by atoms with Crippen molar-refractivity contribution in [3.8, 4) is 0 Å². The topological polar surface area (TPSA) is 42.2 Å². The monoisotopic (exact) mass is 261 g/mol. The Morgan fingerprint density at radius 1 is 1.28 bits per heavy atom. The zero-order chi connectivity index (χ0) is 13.0. The molecule has 0 saturated carbocycles. The lowest BCUT2D eigenvalue weighted by Gasteiger charge is -2.24. The molecule has 2 rings (SSSR count). The number of nitrogens with zero attached hydrogens (tertiary/aromatic N) is 2. The van der Waals surface area contributed by atoms with Crippen LogP contribution in [0.1, 0.15) is 12.6 Å². The summed E-state index contributed by atoms with van der Waals surface area (Å²) in [4.78, 5) is 6.48. The third kappa shape index (κ3) is 2.93. The van der Waals surface area contributed by atoms with Gasteiger partial charge in [0.1, 0.15) is 0 Å². The molecule has 2 aromatic rings. The van der Waals surface area contributed by atoms with Gasteiger partial charge in [-0.2, -0.15) is 0 Å². The second-order valence-corrected chi connectivity index (χ2v) is 4.47. The van der Waals surface area contributed by atoms with Crippen LogP contribution < -0.4 is 10.6 Å². The molecule has 0 radical (unpaired) electrons. The SMILES string of the molecule is CCN(Cc1ccccn1)c1cc(Cl)ccc1N. The number of nitrogens with two attached hydrogens (primary N) is 1. The van der Waals surface area contributed by atoms with Crippen LogP contribution in [0, 0.1) is 0 Å². The van der Waals surface area contributed by atoms with Gasteiger partial charge in [0.05, 0.1) is 23.6 Å². The van der Waals surface area contributed by atoms with E-state index in [-0.39, 0.29) is 0 Å². The van der Waals surface area contributed by atoms with Crippen LogP contribution in [-0.4, -0.2) is 11.5 Å². The molecule has 0 aliphatic rings. The predicted molar refractivity (Wildman–Crippen MR) is 76.8 cm³/mol. The summed E-state index contributed by atoms with van der Waals surface area (Å²) >= 11 is 6.02. The second-order valence-electron chi connectivity index (χ2n) is 4.04. The van der Waals surface area contributed by atoms with E-state index < -0.39 is 0 Å². The third-order valence-corrected chi connectivity index (χ3v) is 3.03. The fourth-order valence-electron chi connectivity index (χ4n) is 1.85. The van der Waals surface area contributed by atoms with E-state index in [9.17, 15) is 0 Å². The largest absolute Gasteiger partial charge is 0.397 e. The molecule has 4 heteroatoms. The Balaban J connectivity index is 2.26. The lowest BCUT2D eigenvalue weighted by molar-refractivity contribution is 0.811. The molecular weight excluding hydrogens is 246 g/mol. The van der Waals surface area contributed by atoms with E-state index in [1.54, 1.807) is 12.3 Å². The summed E-state index contributed by atoms with van der Waals surface area (Å²) in [5.74, 6) is 0. The summed E-state index contributed by atoms with van der Waals surface area (Å²) in [6.45, 7) is 3.66. The zero-order valence-corrected chi connectivity index (χ0v) is 11.1. The molecule has 0 aliphatic heterocycles. The minimum Gasteiger partial charge on any atom is -0.397 e. The molecule has 2 N–H and O–H groups in total. The maximum atomic E-state index is 6.02. The summed E-state index contributed by atoms with van der Waals surface area (Å²) in [6.07, 6.45) is 1.80. The van der Waals surface area contributed by atoms with Crippen LogP contribution in [0.15, 0.2) is 42.6 Å². The molecule has 0 aliphatic carbocycles. The standard InChI is InChI=1S/C14H16ClN3/c1-2-18(10-12-5-3-4-8-17-12)14-9-11(15)6-7-13(14)16/h3-9H,2,10,16H2,1H3. The van der Waals surface area contributed by atoms with Gasteiger partial charge in [0.25, 0.3) is 0 Å². The van der Waals surface area contributed by atoms with E-state index in [0.29, 0.717) is 5.02 Å². The molecule has 0 amide bonds. The number of benzene rings is 1. The number of halogens is 1.